The number of benzene rings is 2. The number of carbonyl (C=O) groups is 1. The highest BCUT2D eigenvalue weighted by atomic mass is 16.4. The summed E-state index contributed by atoms with van der Waals surface area (Å²) >= 11 is 0. The predicted molar refractivity (Wildman–Crippen MR) is 75.5 cm³/mol. The third kappa shape index (κ3) is 2.10. The topological polar surface area (TPSA) is 57.5 Å². The van der Waals surface area contributed by atoms with E-state index in [0.29, 0.717) is 12.8 Å². The number of carboxylic acids is 1. The monoisotopic (exact) mass is 268 g/mol. The fraction of sp³-hybridized carbons (Fsp3) is 0.235. The molecule has 3 rings (SSSR count). The third-order valence-electron chi connectivity index (χ3n) is 4.03. The van der Waals surface area contributed by atoms with Gasteiger partial charge in [0.05, 0.1) is 5.41 Å². The van der Waals surface area contributed by atoms with E-state index >= 15 is 0 Å². The van der Waals surface area contributed by atoms with Crippen LogP contribution >= 0.6 is 0 Å². The van der Waals surface area contributed by atoms with E-state index in [-0.39, 0.29) is 0 Å². The smallest absolute Gasteiger partial charge is 0.314 e. The minimum atomic E-state index is -0.774. The van der Waals surface area contributed by atoms with Gasteiger partial charge < -0.3 is 10.2 Å². The normalized spacial score (nSPS) is 17.4. The van der Waals surface area contributed by atoms with Crippen LogP contribution in [0, 0.1) is 0 Å². The first kappa shape index (κ1) is 12.9. The highest BCUT2D eigenvalue weighted by Crippen LogP contribution is 2.48. The molecule has 3 nitrogen and oxygen atoms in total. The van der Waals surface area contributed by atoms with Gasteiger partial charge in [-0.15, -0.1) is 0 Å². The first-order valence-electron chi connectivity index (χ1n) is 6.70. The van der Waals surface area contributed by atoms with Gasteiger partial charge in [0.1, 0.15) is 6.10 Å². The van der Waals surface area contributed by atoms with Gasteiger partial charge in [-0.1, -0.05) is 54.6 Å². The molecular weight excluding hydrogens is 252 g/mol. The molecule has 1 atom stereocenters. The van der Waals surface area contributed by atoms with Crippen molar-refractivity contribution in [3.05, 3.63) is 71.3 Å². The Hall–Kier alpha value is -2.13. The molecule has 1 saturated carbocycles. The summed E-state index contributed by atoms with van der Waals surface area (Å²) in [5.74, 6) is -0.774. The van der Waals surface area contributed by atoms with Crippen LogP contribution < -0.4 is 0 Å². The van der Waals surface area contributed by atoms with Crippen molar-refractivity contribution in [2.45, 2.75) is 24.4 Å². The molecule has 1 aliphatic carbocycles. The van der Waals surface area contributed by atoms with Crippen LogP contribution in [-0.2, 0) is 10.2 Å². The standard InChI is InChI=1S/C17H16O3/c18-15(12-5-2-1-3-6-12)13-7-4-8-14(11-13)17(9-10-17)16(19)20/h1-8,11,15,18H,9-10H2,(H,19,20). The zero-order valence-corrected chi connectivity index (χ0v) is 11.0. The lowest BCUT2D eigenvalue weighted by Crippen LogP contribution is -2.19. The Labute approximate surface area is 117 Å². The number of aliphatic hydroxyl groups excluding tert-OH is 1. The molecule has 3 heteroatoms. The van der Waals surface area contributed by atoms with Gasteiger partial charge in [-0.3, -0.25) is 4.79 Å². The molecule has 0 spiro atoms. The molecule has 20 heavy (non-hydrogen) atoms. The van der Waals surface area contributed by atoms with Gasteiger partial charge in [-0.25, -0.2) is 0 Å². The summed E-state index contributed by atoms with van der Waals surface area (Å²) < 4.78 is 0. The SMILES string of the molecule is O=C(O)C1(c2cccc(C(O)c3ccccc3)c2)CC1. The second-order valence-corrected chi connectivity index (χ2v) is 5.33. The molecule has 2 aromatic rings. The fourth-order valence-electron chi connectivity index (χ4n) is 2.59. The van der Waals surface area contributed by atoms with Crippen molar-refractivity contribution in [2.75, 3.05) is 0 Å². The van der Waals surface area contributed by atoms with Crippen LogP contribution in [0.4, 0.5) is 0 Å². The number of rotatable bonds is 4. The Bertz CT molecular complexity index is 630. The maximum atomic E-state index is 11.4. The van der Waals surface area contributed by atoms with Crippen molar-refractivity contribution in [2.24, 2.45) is 0 Å². The van der Waals surface area contributed by atoms with Gasteiger partial charge in [0.25, 0.3) is 0 Å². The van der Waals surface area contributed by atoms with E-state index < -0.39 is 17.5 Å². The Morgan fingerprint density at radius 2 is 1.65 bits per heavy atom. The summed E-state index contributed by atoms with van der Waals surface area (Å²) in [5.41, 5.74) is 1.61. The molecule has 0 heterocycles. The second-order valence-electron chi connectivity index (χ2n) is 5.33. The van der Waals surface area contributed by atoms with Crippen molar-refractivity contribution in [1.82, 2.24) is 0 Å². The molecule has 1 unspecified atom stereocenters. The Kier molecular flexibility index (Phi) is 3.07. The number of hydrogen-bond acceptors (Lipinski definition) is 2. The molecule has 2 aromatic carbocycles. The van der Waals surface area contributed by atoms with Crippen molar-refractivity contribution >= 4 is 5.97 Å². The third-order valence-corrected chi connectivity index (χ3v) is 4.03. The Balaban J connectivity index is 1.94. The fourth-order valence-corrected chi connectivity index (χ4v) is 2.59. The molecule has 102 valence electrons. The number of hydrogen-bond donors (Lipinski definition) is 2. The highest BCUT2D eigenvalue weighted by molar-refractivity contribution is 5.84. The molecule has 0 aromatic heterocycles. The summed E-state index contributed by atoms with van der Waals surface area (Å²) in [5, 5.41) is 19.7. The summed E-state index contributed by atoms with van der Waals surface area (Å²) in [6.07, 6.45) is 0.626. The first-order chi connectivity index (χ1) is 9.63. The van der Waals surface area contributed by atoms with Crippen molar-refractivity contribution in [3.63, 3.8) is 0 Å². The minimum Gasteiger partial charge on any atom is -0.481 e. The van der Waals surface area contributed by atoms with Crippen LogP contribution in [0.5, 0.6) is 0 Å². The lowest BCUT2D eigenvalue weighted by atomic mass is 9.92. The van der Waals surface area contributed by atoms with E-state index in [1.165, 1.54) is 0 Å². The van der Waals surface area contributed by atoms with E-state index in [1.807, 2.05) is 54.6 Å². The molecular formula is C17H16O3. The van der Waals surface area contributed by atoms with E-state index in [2.05, 4.69) is 0 Å². The average molecular weight is 268 g/mol. The summed E-state index contributed by atoms with van der Waals surface area (Å²) in [6.45, 7) is 0. The van der Waals surface area contributed by atoms with Crippen LogP contribution in [0.3, 0.4) is 0 Å². The van der Waals surface area contributed by atoms with Crippen molar-refractivity contribution in [3.8, 4) is 0 Å². The number of carboxylic acid groups (broad SMARTS) is 1. The van der Waals surface area contributed by atoms with E-state index in [1.54, 1.807) is 0 Å². The van der Waals surface area contributed by atoms with Gasteiger partial charge in [-0.05, 0) is 29.5 Å². The van der Waals surface area contributed by atoms with Gasteiger partial charge in [0, 0.05) is 0 Å². The Morgan fingerprint density at radius 1 is 1.00 bits per heavy atom. The molecule has 2 N–H and O–H groups in total. The zero-order chi connectivity index (χ0) is 14.2. The number of aliphatic carboxylic acids is 1. The van der Waals surface area contributed by atoms with E-state index in [4.69, 9.17) is 0 Å². The largest absolute Gasteiger partial charge is 0.481 e. The van der Waals surface area contributed by atoms with Gasteiger partial charge >= 0.3 is 5.97 Å². The zero-order valence-electron chi connectivity index (χ0n) is 11.0. The summed E-state index contributed by atoms with van der Waals surface area (Å²) in [4.78, 5) is 11.4. The van der Waals surface area contributed by atoms with Gasteiger partial charge in [0.15, 0.2) is 0 Å². The molecule has 0 saturated heterocycles. The van der Waals surface area contributed by atoms with Crippen LogP contribution in [0.1, 0.15) is 35.6 Å². The van der Waals surface area contributed by atoms with Crippen LogP contribution in [0.2, 0.25) is 0 Å². The molecule has 1 fully saturated rings. The van der Waals surface area contributed by atoms with E-state index in [0.717, 1.165) is 16.7 Å². The number of aliphatic hydroxyl groups is 1. The maximum Gasteiger partial charge on any atom is 0.314 e. The van der Waals surface area contributed by atoms with Gasteiger partial charge in [0.2, 0.25) is 0 Å². The summed E-state index contributed by atoms with van der Waals surface area (Å²) in [6, 6.07) is 16.7. The van der Waals surface area contributed by atoms with Crippen LogP contribution in [-0.4, -0.2) is 16.2 Å². The second kappa shape index (κ2) is 4.76. The predicted octanol–water partition coefficient (Wildman–Crippen LogP) is 2.88. The minimum absolute atomic E-state index is 0.674. The quantitative estimate of drug-likeness (QED) is 0.896. The molecule has 0 amide bonds. The van der Waals surface area contributed by atoms with E-state index in [9.17, 15) is 15.0 Å². The van der Waals surface area contributed by atoms with Crippen LogP contribution in [0.15, 0.2) is 54.6 Å². The molecule has 0 bridgehead atoms. The lowest BCUT2D eigenvalue weighted by Gasteiger charge is -2.15. The molecule has 0 aliphatic heterocycles. The highest BCUT2D eigenvalue weighted by Gasteiger charge is 2.51. The van der Waals surface area contributed by atoms with Crippen molar-refractivity contribution < 1.29 is 15.0 Å². The molecule has 0 radical (unpaired) electrons. The average Bonchev–Trinajstić information content (AvgIpc) is 3.29. The van der Waals surface area contributed by atoms with Crippen molar-refractivity contribution in [1.29, 1.82) is 0 Å². The molecule has 1 aliphatic rings. The lowest BCUT2D eigenvalue weighted by molar-refractivity contribution is -0.140. The maximum absolute atomic E-state index is 11.4. The van der Waals surface area contributed by atoms with Gasteiger partial charge in [-0.2, -0.15) is 0 Å². The summed E-state index contributed by atoms with van der Waals surface area (Å²) in [7, 11) is 0. The Morgan fingerprint density at radius 3 is 2.25 bits per heavy atom. The first-order valence-corrected chi connectivity index (χ1v) is 6.70. The van der Waals surface area contributed by atoms with Crippen LogP contribution in [0.25, 0.3) is 0 Å².